The molecule has 0 heterocycles. The monoisotopic (exact) mass is 845 g/mol. The summed E-state index contributed by atoms with van der Waals surface area (Å²) in [4.78, 5) is 94.4. The van der Waals surface area contributed by atoms with Gasteiger partial charge in [-0.25, -0.2) is 31.0 Å². The molecule has 57 heavy (non-hydrogen) atoms. The van der Waals surface area contributed by atoms with E-state index in [1.165, 1.54) is 36.4 Å². The van der Waals surface area contributed by atoms with Crippen LogP contribution in [0.5, 0.6) is 23.0 Å². The Kier molecular flexibility index (Phi) is 20.8. The van der Waals surface area contributed by atoms with Crippen molar-refractivity contribution in [2.24, 2.45) is 0 Å². The maximum Gasteiger partial charge on any atom is 2.00 e. The van der Waals surface area contributed by atoms with Gasteiger partial charge in [-0.05, 0) is 114 Å². The topological polar surface area (TPSA) is 210 Å². The Morgan fingerprint density at radius 3 is 1.16 bits per heavy atom. The van der Waals surface area contributed by atoms with Crippen LogP contribution in [0.2, 0.25) is 0 Å². The quantitative estimate of drug-likeness (QED) is 0.0539. The summed E-state index contributed by atoms with van der Waals surface area (Å²) in [6.07, 6.45) is 0.241. The largest absolute Gasteiger partial charge is 2.00 e. The fourth-order valence-electron chi connectivity index (χ4n) is 5.61. The van der Waals surface area contributed by atoms with Gasteiger partial charge in [0.1, 0.15) is 23.0 Å². The minimum Gasteiger partial charge on any atom is -0.434 e. The number of ketones is 4. The molecule has 0 aliphatic heterocycles. The average molecular weight is 846 g/mol. The molecular weight excluding hydrogens is 800 g/mol. The van der Waals surface area contributed by atoms with Gasteiger partial charge in [-0.2, -0.15) is 12.8 Å². The molecule has 17 heteroatoms. The third-order valence-corrected chi connectivity index (χ3v) is 8.15. The van der Waals surface area contributed by atoms with Crippen LogP contribution in [0.3, 0.4) is 0 Å². The minimum atomic E-state index is -0.880. The summed E-state index contributed by atoms with van der Waals surface area (Å²) in [5.74, 6) is 0.764. The van der Waals surface area contributed by atoms with Crippen LogP contribution in [0.25, 0.3) is 0 Å². The van der Waals surface area contributed by atoms with E-state index in [9.17, 15) is 38.4 Å². The van der Waals surface area contributed by atoms with Crippen LogP contribution >= 0.6 is 0 Å². The van der Waals surface area contributed by atoms with Crippen molar-refractivity contribution >= 4 is 47.8 Å². The molecule has 0 unspecified atom stereocenters. The van der Waals surface area contributed by atoms with Gasteiger partial charge in [-0.1, -0.05) is 12.8 Å². The Bertz CT molecular complexity index is 1610. The predicted octanol–water partition coefficient (Wildman–Crippen LogP) is 7.17. The predicted molar refractivity (Wildman–Crippen MR) is 194 cm³/mol. The first-order chi connectivity index (χ1) is 26.9. The molecule has 0 spiro atoms. The molecule has 2 aliphatic carbocycles. The van der Waals surface area contributed by atoms with E-state index in [0.29, 0.717) is 61.5 Å². The zero-order chi connectivity index (χ0) is 41.0. The Morgan fingerprint density at radius 1 is 0.526 bits per heavy atom. The van der Waals surface area contributed by atoms with Gasteiger partial charge in [0.25, 0.3) is 0 Å². The van der Waals surface area contributed by atoms with Crippen LogP contribution in [-0.2, 0) is 68.0 Å². The van der Waals surface area contributed by atoms with Gasteiger partial charge in [-0.15, -0.1) is 0 Å². The molecule has 0 atom stereocenters. The van der Waals surface area contributed by atoms with Crippen molar-refractivity contribution in [3.05, 3.63) is 59.4 Å². The third kappa shape index (κ3) is 15.9. The van der Waals surface area contributed by atoms with Gasteiger partial charge < -0.3 is 57.1 Å². The van der Waals surface area contributed by atoms with Crippen LogP contribution in [0.15, 0.2) is 36.4 Å². The molecular formula is C40H46CuO16. The summed E-state index contributed by atoms with van der Waals surface area (Å²) in [5, 5.41) is 0. The number of carbonyl (C=O) groups is 8. The summed E-state index contributed by atoms with van der Waals surface area (Å²) < 4.78 is 39.4. The Hall–Kier alpha value is -5.54. The number of aryl methyl sites for hydroxylation is 2. The Balaban J connectivity index is 0.000000387. The summed E-state index contributed by atoms with van der Waals surface area (Å²) in [7, 11) is 0. The Morgan fingerprint density at radius 2 is 0.860 bits per heavy atom. The summed E-state index contributed by atoms with van der Waals surface area (Å²) in [6, 6.07) is 8.73. The molecule has 1 radical (unpaired) electrons. The van der Waals surface area contributed by atoms with E-state index in [2.05, 4.69) is 0 Å². The minimum absolute atomic E-state index is 0. The molecule has 2 saturated carbocycles. The van der Waals surface area contributed by atoms with Crippen LogP contribution in [0, 0.1) is 11.8 Å². The van der Waals surface area contributed by atoms with Crippen LogP contribution < -0.4 is 18.9 Å². The van der Waals surface area contributed by atoms with Crippen molar-refractivity contribution < 1.29 is 93.3 Å². The molecule has 0 N–H and O–H groups in total. The molecule has 2 aromatic rings. The maximum atomic E-state index is 12.3. The standard InChI is InChI=1S/2C20H23O8.Cu/c2*1-3-25-19(23)27-14-9-11-18(28-20(24)26-4-2)13(12-14)8-10-17(22)15-6-5-7-16(15)21;/h2*9,11-12H,3-8,10H2,1-2H3;/q2*-1;+2. The number of ether oxygens (including phenoxy) is 8. The van der Waals surface area contributed by atoms with Crippen LogP contribution in [0.4, 0.5) is 19.2 Å². The number of Topliss-reactive ketones (excluding diaryl/α,β-unsaturated/α-hetero) is 4. The van der Waals surface area contributed by atoms with Gasteiger partial charge in [-0.3, -0.25) is 0 Å². The summed E-state index contributed by atoms with van der Waals surface area (Å²) >= 11 is 0. The fourth-order valence-corrected chi connectivity index (χ4v) is 5.61. The Labute approximate surface area is 340 Å². The van der Waals surface area contributed by atoms with Gasteiger partial charge in [0.2, 0.25) is 0 Å². The first kappa shape index (κ1) is 47.6. The van der Waals surface area contributed by atoms with E-state index in [0.717, 1.165) is 0 Å². The molecule has 0 bridgehead atoms. The number of carbonyl (C=O) groups excluding carboxylic acids is 8. The zero-order valence-electron chi connectivity index (χ0n) is 32.2. The van der Waals surface area contributed by atoms with E-state index >= 15 is 0 Å². The summed E-state index contributed by atoms with van der Waals surface area (Å²) in [5.41, 5.74) is 0.934. The SMILES string of the molecule is CCOC(=O)Oc1ccc(OC(=O)OCC)c(CCC(=O)[C-]2CCCC2=O)c1.CCOC(=O)Oc1ccc(OC(=O)OCC)c(CCC(=O)[C-]2CCCC2=O)c1.[Cu+2]. The number of benzene rings is 2. The van der Waals surface area contributed by atoms with Gasteiger partial charge in [0.15, 0.2) is 0 Å². The van der Waals surface area contributed by atoms with Crippen LogP contribution in [0.1, 0.15) is 90.2 Å². The van der Waals surface area contributed by atoms with Crippen molar-refractivity contribution in [3.63, 3.8) is 0 Å². The molecule has 2 fully saturated rings. The normalized spacial score (nSPS) is 13.0. The van der Waals surface area contributed by atoms with Crippen molar-refractivity contribution in [1.29, 1.82) is 0 Å². The van der Waals surface area contributed by atoms with E-state index in [1.807, 2.05) is 0 Å². The van der Waals surface area contributed by atoms with Gasteiger partial charge >= 0.3 is 41.7 Å². The average Bonchev–Trinajstić information content (AvgIpc) is 3.79. The van der Waals surface area contributed by atoms with Gasteiger partial charge in [0, 0.05) is 23.1 Å². The first-order valence-electron chi connectivity index (χ1n) is 18.4. The zero-order valence-corrected chi connectivity index (χ0v) is 33.1. The van der Waals surface area contributed by atoms with E-state index in [4.69, 9.17) is 37.9 Å². The smallest absolute Gasteiger partial charge is 0.434 e. The summed E-state index contributed by atoms with van der Waals surface area (Å²) in [6.45, 7) is 7.22. The van der Waals surface area contributed by atoms with E-state index in [-0.39, 0.29) is 115 Å². The van der Waals surface area contributed by atoms with Crippen LogP contribution in [-0.4, -0.2) is 74.2 Å². The van der Waals surface area contributed by atoms with E-state index in [1.54, 1.807) is 27.7 Å². The number of rotatable bonds is 16. The second-order valence-corrected chi connectivity index (χ2v) is 12.0. The van der Waals surface area contributed by atoms with Crippen molar-refractivity contribution in [2.75, 3.05) is 26.4 Å². The molecule has 313 valence electrons. The molecule has 2 aliphatic rings. The third-order valence-electron chi connectivity index (χ3n) is 8.15. The first-order valence-corrected chi connectivity index (χ1v) is 18.4. The number of hydrogen-bond acceptors (Lipinski definition) is 16. The molecule has 2 aromatic carbocycles. The van der Waals surface area contributed by atoms with Crippen molar-refractivity contribution in [3.8, 4) is 23.0 Å². The molecule has 0 amide bonds. The second-order valence-electron chi connectivity index (χ2n) is 12.0. The molecule has 0 aromatic heterocycles. The van der Waals surface area contributed by atoms with Gasteiger partial charge in [0.05, 0.1) is 26.4 Å². The van der Waals surface area contributed by atoms with E-state index < -0.39 is 24.6 Å². The second kappa shape index (κ2) is 24.9. The molecule has 4 rings (SSSR count). The molecule has 0 saturated heterocycles. The molecule has 16 nitrogen and oxygen atoms in total. The maximum absolute atomic E-state index is 12.3. The fraction of sp³-hybridized carbons (Fsp3) is 0.450. The number of hydrogen-bond donors (Lipinski definition) is 0. The van der Waals surface area contributed by atoms with Crippen molar-refractivity contribution in [1.82, 2.24) is 0 Å². The van der Waals surface area contributed by atoms with Crippen molar-refractivity contribution in [2.45, 2.75) is 91.9 Å².